The molecule has 1 heterocycles. The van der Waals surface area contributed by atoms with Crippen LogP contribution in [0.1, 0.15) is 13.8 Å². The number of ether oxygens (including phenoxy) is 4. The zero-order valence-corrected chi connectivity index (χ0v) is 9.88. The Bertz CT molecular complexity index is 243. The van der Waals surface area contributed by atoms with Crippen LogP contribution < -0.4 is 0 Å². The van der Waals surface area contributed by atoms with Crippen LogP contribution >= 0.6 is 0 Å². The Labute approximate surface area is 94.4 Å². The summed E-state index contributed by atoms with van der Waals surface area (Å²) in [5.74, 6) is -0.501. The van der Waals surface area contributed by atoms with Crippen LogP contribution in [0.25, 0.3) is 0 Å². The molecule has 16 heavy (non-hydrogen) atoms. The lowest BCUT2D eigenvalue weighted by atomic mass is 9.99. The molecule has 0 aromatic carbocycles. The Hall–Kier alpha value is -0.690. The third kappa shape index (κ3) is 2.70. The molecule has 0 aromatic heterocycles. The minimum Gasteiger partial charge on any atom is -0.454 e. The summed E-state index contributed by atoms with van der Waals surface area (Å²) in [7, 11) is 2.98. The number of carbonyl (C=O) groups is 1. The fourth-order valence-electron chi connectivity index (χ4n) is 1.90. The van der Waals surface area contributed by atoms with Crippen molar-refractivity contribution in [3.8, 4) is 0 Å². The quantitative estimate of drug-likeness (QED) is 0.675. The first kappa shape index (κ1) is 13.4. The highest BCUT2D eigenvalue weighted by Crippen LogP contribution is 2.25. The topological polar surface area (TPSA) is 74.2 Å². The molecule has 0 aliphatic carbocycles. The number of carbonyl (C=O) groups excluding carboxylic acids is 1. The van der Waals surface area contributed by atoms with E-state index < -0.39 is 30.6 Å². The highest BCUT2D eigenvalue weighted by molar-refractivity contribution is 5.66. The summed E-state index contributed by atoms with van der Waals surface area (Å²) in [4.78, 5) is 10.9. The maximum atomic E-state index is 10.9. The average molecular weight is 234 g/mol. The van der Waals surface area contributed by atoms with Gasteiger partial charge in [0.2, 0.25) is 0 Å². The second-order valence-corrected chi connectivity index (χ2v) is 3.71. The molecule has 5 atom stereocenters. The molecule has 0 radical (unpaired) electrons. The number of esters is 1. The van der Waals surface area contributed by atoms with Gasteiger partial charge in [0.15, 0.2) is 12.4 Å². The Morgan fingerprint density at radius 1 is 1.19 bits per heavy atom. The third-order valence-corrected chi connectivity index (χ3v) is 2.59. The van der Waals surface area contributed by atoms with Crippen LogP contribution in [-0.2, 0) is 23.7 Å². The van der Waals surface area contributed by atoms with Gasteiger partial charge in [0, 0.05) is 21.1 Å². The van der Waals surface area contributed by atoms with Crippen molar-refractivity contribution >= 4 is 5.97 Å². The van der Waals surface area contributed by atoms with E-state index in [0.717, 1.165) is 0 Å². The molecule has 6 nitrogen and oxygen atoms in total. The summed E-state index contributed by atoms with van der Waals surface area (Å²) in [5, 5.41) is 9.67. The maximum Gasteiger partial charge on any atom is 0.303 e. The van der Waals surface area contributed by atoms with Crippen molar-refractivity contribution in [3.05, 3.63) is 0 Å². The minimum absolute atomic E-state index is 0.336. The van der Waals surface area contributed by atoms with Gasteiger partial charge >= 0.3 is 5.97 Å². The van der Waals surface area contributed by atoms with Gasteiger partial charge in [-0.05, 0) is 6.92 Å². The van der Waals surface area contributed by atoms with Crippen LogP contribution in [0.4, 0.5) is 0 Å². The van der Waals surface area contributed by atoms with Crippen LogP contribution in [0.5, 0.6) is 0 Å². The smallest absolute Gasteiger partial charge is 0.303 e. The van der Waals surface area contributed by atoms with Gasteiger partial charge in [-0.3, -0.25) is 4.79 Å². The van der Waals surface area contributed by atoms with E-state index in [4.69, 9.17) is 18.9 Å². The number of rotatable bonds is 3. The SMILES string of the molecule is CO[C@@H]1[C@H](OC)[C@H](C)O[C@H](O)[C@H]1OC(C)=O. The van der Waals surface area contributed by atoms with Gasteiger partial charge in [0.1, 0.15) is 12.2 Å². The normalized spacial score (nSPS) is 39.4. The lowest BCUT2D eigenvalue weighted by Gasteiger charge is -2.41. The largest absolute Gasteiger partial charge is 0.454 e. The van der Waals surface area contributed by atoms with Crippen molar-refractivity contribution in [1.29, 1.82) is 0 Å². The van der Waals surface area contributed by atoms with Gasteiger partial charge in [-0.15, -0.1) is 0 Å². The molecule has 1 N–H and O–H groups in total. The molecule has 0 saturated carbocycles. The molecular formula is C10H18O6. The van der Waals surface area contributed by atoms with E-state index in [1.54, 1.807) is 6.92 Å². The molecule has 0 amide bonds. The Kier molecular flexibility index (Phi) is 4.67. The van der Waals surface area contributed by atoms with Crippen LogP contribution in [0, 0.1) is 0 Å². The maximum absolute atomic E-state index is 10.9. The van der Waals surface area contributed by atoms with Crippen LogP contribution in [0.3, 0.4) is 0 Å². The molecule has 1 rings (SSSR count). The van der Waals surface area contributed by atoms with E-state index in [-0.39, 0.29) is 6.10 Å². The molecule has 0 spiro atoms. The zero-order valence-electron chi connectivity index (χ0n) is 9.88. The first-order chi connectivity index (χ1) is 7.51. The van der Waals surface area contributed by atoms with Crippen LogP contribution in [0.15, 0.2) is 0 Å². The highest BCUT2D eigenvalue weighted by Gasteiger charge is 2.46. The molecular weight excluding hydrogens is 216 g/mol. The van der Waals surface area contributed by atoms with E-state index in [2.05, 4.69) is 0 Å². The second-order valence-electron chi connectivity index (χ2n) is 3.71. The Balaban J connectivity index is 2.82. The summed E-state index contributed by atoms with van der Waals surface area (Å²) in [6, 6.07) is 0. The van der Waals surface area contributed by atoms with Crippen molar-refractivity contribution in [2.24, 2.45) is 0 Å². The lowest BCUT2D eigenvalue weighted by Crippen LogP contribution is -2.59. The van der Waals surface area contributed by atoms with Gasteiger partial charge in [-0.1, -0.05) is 0 Å². The molecule has 0 unspecified atom stereocenters. The number of aliphatic hydroxyl groups excluding tert-OH is 1. The summed E-state index contributed by atoms with van der Waals surface area (Å²) in [5.41, 5.74) is 0. The standard InChI is InChI=1S/C10H18O6/c1-5-7(13-3)8(14-4)9(10(12)15-5)16-6(2)11/h5,7-10,12H,1-4H3/t5-,7+,8+,9-,10-/m0/s1. The van der Waals surface area contributed by atoms with Crippen LogP contribution in [0.2, 0.25) is 0 Å². The highest BCUT2D eigenvalue weighted by atomic mass is 16.7. The average Bonchev–Trinajstić information content (AvgIpc) is 2.20. The summed E-state index contributed by atoms with van der Waals surface area (Å²) < 4.78 is 20.6. The number of hydrogen-bond donors (Lipinski definition) is 1. The van der Waals surface area contributed by atoms with Crippen molar-refractivity contribution in [3.63, 3.8) is 0 Å². The number of aliphatic hydroxyl groups is 1. The Morgan fingerprint density at radius 3 is 2.19 bits per heavy atom. The molecule has 94 valence electrons. The van der Waals surface area contributed by atoms with E-state index in [1.165, 1.54) is 21.1 Å². The van der Waals surface area contributed by atoms with Gasteiger partial charge in [-0.2, -0.15) is 0 Å². The molecule has 1 aliphatic heterocycles. The van der Waals surface area contributed by atoms with Crippen molar-refractivity contribution in [1.82, 2.24) is 0 Å². The first-order valence-electron chi connectivity index (χ1n) is 5.07. The fourth-order valence-corrected chi connectivity index (χ4v) is 1.90. The summed E-state index contributed by atoms with van der Waals surface area (Å²) in [6.07, 6.45) is -3.35. The summed E-state index contributed by atoms with van der Waals surface area (Å²) >= 11 is 0. The predicted octanol–water partition coefficient (Wildman–Crippen LogP) is -0.315. The number of hydrogen-bond acceptors (Lipinski definition) is 6. The lowest BCUT2D eigenvalue weighted by molar-refractivity contribution is -0.290. The van der Waals surface area contributed by atoms with E-state index in [1.807, 2.05) is 0 Å². The predicted molar refractivity (Wildman–Crippen MR) is 53.7 cm³/mol. The molecule has 1 saturated heterocycles. The number of methoxy groups -OCH3 is 2. The molecule has 0 aromatic rings. The van der Waals surface area contributed by atoms with Gasteiger partial charge < -0.3 is 24.1 Å². The Morgan fingerprint density at radius 2 is 1.75 bits per heavy atom. The van der Waals surface area contributed by atoms with Crippen LogP contribution in [-0.4, -0.2) is 56.0 Å². The second kappa shape index (κ2) is 5.58. The molecule has 1 aliphatic rings. The first-order valence-corrected chi connectivity index (χ1v) is 5.07. The summed E-state index contributed by atoms with van der Waals surface area (Å²) in [6.45, 7) is 3.02. The molecule has 1 fully saturated rings. The van der Waals surface area contributed by atoms with E-state index in [0.29, 0.717) is 0 Å². The molecule has 6 heteroatoms. The van der Waals surface area contributed by atoms with Gasteiger partial charge in [0.05, 0.1) is 6.10 Å². The van der Waals surface area contributed by atoms with Gasteiger partial charge in [0.25, 0.3) is 0 Å². The molecule has 0 bridgehead atoms. The zero-order chi connectivity index (χ0) is 12.3. The van der Waals surface area contributed by atoms with E-state index >= 15 is 0 Å². The van der Waals surface area contributed by atoms with Crippen molar-refractivity contribution in [2.75, 3.05) is 14.2 Å². The monoisotopic (exact) mass is 234 g/mol. The minimum atomic E-state index is -1.20. The van der Waals surface area contributed by atoms with Crippen molar-refractivity contribution in [2.45, 2.75) is 44.6 Å². The van der Waals surface area contributed by atoms with Crippen molar-refractivity contribution < 1.29 is 28.8 Å². The fraction of sp³-hybridized carbons (Fsp3) is 0.900. The van der Waals surface area contributed by atoms with Gasteiger partial charge in [-0.25, -0.2) is 0 Å². The van der Waals surface area contributed by atoms with E-state index in [9.17, 15) is 9.90 Å². The third-order valence-electron chi connectivity index (χ3n) is 2.59.